The topological polar surface area (TPSA) is 91.4 Å². The van der Waals surface area contributed by atoms with E-state index in [1.165, 1.54) is 0 Å². The fourth-order valence-corrected chi connectivity index (χ4v) is 3.08. The molecule has 0 aliphatic carbocycles. The third-order valence-electron chi connectivity index (χ3n) is 4.17. The number of nitriles is 1. The number of benzene rings is 1. The first-order valence-corrected chi connectivity index (χ1v) is 7.70. The summed E-state index contributed by atoms with van der Waals surface area (Å²) in [5.41, 5.74) is 1.90. The van der Waals surface area contributed by atoms with Crippen LogP contribution in [0.2, 0.25) is 0 Å². The number of hydrogen-bond acceptors (Lipinski definition) is 5. The van der Waals surface area contributed by atoms with E-state index in [1.807, 2.05) is 11.0 Å². The lowest BCUT2D eigenvalue weighted by Gasteiger charge is -2.27. The quantitative estimate of drug-likeness (QED) is 0.921. The molecule has 2 heterocycles. The maximum absolute atomic E-state index is 11.9. The summed E-state index contributed by atoms with van der Waals surface area (Å²) in [5, 5.41) is 23.0. The molecule has 1 N–H and O–H groups in total. The van der Waals surface area contributed by atoms with Crippen LogP contribution in [0.1, 0.15) is 29.4 Å². The monoisotopic (exact) mass is 326 g/mol. The lowest BCUT2D eigenvalue weighted by molar-refractivity contribution is -0.143. The van der Waals surface area contributed by atoms with Crippen LogP contribution in [0.4, 0.5) is 0 Å². The number of aromatic nitrogens is 2. The Bertz CT molecular complexity index is 793. The van der Waals surface area contributed by atoms with Crippen LogP contribution in [0.15, 0.2) is 30.3 Å². The molecule has 7 heteroatoms. The van der Waals surface area contributed by atoms with E-state index in [4.69, 9.17) is 10.00 Å². The van der Waals surface area contributed by atoms with Crippen molar-refractivity contribution in [1.29, 1.82) is 5.26 Å². The van der Waals surface area contributed by atoms with Gasteiger partial charge in [-0.1, -0.05) is 12.1 Å². The van der Waals surface area contributed by atoms with Gasteiger partial charge < -0.3 is 9.84 Å². The van der Waals surface area contributed by atoms with Crippen molar-refractivity contribution < 1.29 is 14.6 Å². The highest BCUT2D eigenvalue weighted by Gasteiger charge is 2.30. The minimum absolute atomic E-state index is 0.361. The Morgan fingerprint density at radius 3 is 2.96 bits per heavy atom. The summed E-state index contributed by atoms with van der Waals surface area (Å²) in [7, 11) is 1.56. The Balaban J connectivity index is 1.93. The van der Waals surface area contributed by atoms with E-state index < -0.39 is 12.0 Å². The fraction of sp³-hybridized carbons (Fsp3) is 0.353. The molecule has 0 radical (unpaired) electrons. The van der Waals surface area contributed by atoms with Crippen molar-refractivity contribution in [1.82, 2.24) is 14.7 Å². The molecule has 124 valence electrons. The van der Waals surface area contributed by atoms with Crippen LogP contribution in [-0.2, 0) is 17.9 Å². The largest absolute Gasteiger partial charge is 0.497 e. The van der Waals surface area contributed by atoms with Crippen molar-refractivity contribution in [2.45, 2.75) is 25.6 Å². The van der Waals surface area contributed by atoms with Crippen LogP contribution < -0.4 is 4.74 Å². The molecule has 0 bridgehead atoms. The molecular formula is C17H18N4O3. The molecule has 1 atom stereocenters. The molecule has 0 saturated heterocycles. The number of carboxylic acids is 1. The van der Waals surface area contributed by atoms with Gasteiger partial charge in [-0.15, -0.1) is 0 Å². The van der Waals surface area contributed by atoms with Gasteiger partial charge in [0.2, 0.25) is 0 Å². The molecule has 3 rings (SSSR count). The highest BCUT2D eigenvalue weighted by molar-refractivity contribution is 5.75. The molecule has 0 spiro atoms. The number of hydrogen-bond donors (Lipinski definition) is 1. The molecule has 0 amide bonds. The Kier molecular flexibility index (Phi) is 4.49. The SMILES string of the molecule is COc1cccc(C(C(=O)O)N2CCCn3nc(C#N)cc3C2)c1. The van der Waals surface area contributed by atoms with Crippen molar-refractivity contribution in [3.63, 3.8) is 0 Å². The number of aliphatic carboxylic acids is 1. The molecule has 1 aliphatic heterocycles. The van der Waals surface area contributed by atoms with E-state index in [0.717, 1.165) is 12.1 Å². The molecule has 0 saturated carbocycles. The highest BCUT2D eigenvalue weighted by Crippen LogP contribution is 2.28. The summed E-state index contributed by atoms with van der Waals surface area (Å²) < 4.78 is 7.00. The van der Waals surface area contributed by atoms with Crippen LogP contribution in [-0.4, -0.2) is 39.4 Å². The Morgan fingerprint density at radius 1 is 1.42 bits per heavy atom. The van der Waals surface area contributed by atoms with Crippen LogP contribution in [0.3, 0.4) is 0 Å². The second-order valence-corrected chi connectivity index (χ2v) is 5.70. The zero-order valence-corrected chi connectivity index (χ0v) is 13.3. The molecule has 1 aromatic heterocycles. The summed E-state index contributed by atoms with van der Waals surface area (Å²) in [5.74, 6) is -0.276. The van der Waals surface area contributed by atoms with E-state index >= 15 is 0 Å². The van der Waals surface area contributed by atoms with E-state index in [-0.39, 0.29) is 0 Å². The predicted octanol–water partition coefficient (Wildman–Crippen LogP) is 1.79. The van der Waals surface area contributed by atoms with Crippen molar-refractivity contribution in [2.24, 2.45) is 0 Å². The van der Waals surface area contributed by atoms with Gasteiger partial charge in [0.05, 0.1) is 12.8 Å². The lowest BCUT2D eigenvalue weighted by Crippen LogP contribution is -2.34. The van der Waals surface area contributed by atoms with Gasteiger partial charge in [0.1, 0.15) is 17.9 Å². The third-order valence-corrected chi connectivity index (χ3v) is 4.17. The standard InChI is InChI=1S/C17H18N4O3/c1-24-15-5-2-4-12(8-15)16(17(22)23)20-6-3-7-21-14(11-20)9-13(10-18)19-21/h2,4-5,8-9,16H,3,6-7,11H2,1H3,(H,22,23). The van der Waals surface area contributed by atoms with Gasteiger partial charge in [-0.05, 0) is 30.2 Å². The maximum Gasteiger partial charge on any atom is 0.325 e. The Labute approximate surface area is 139 Å². The zero-order valence-electron chi connectivity index (χ0n) is 13.3. The summed E-state index contributed by atoms with van der Waals surface area (Å²) in [4.78, 5) is 13.8. The highest BCUT2D eigenvalue weighted by atomic mass is 16.5. The minimum Gasteiger partial charge on any atom is -0.497 e. The van der Waals surface area contributed by atoms with Crippen LogP contribution in [0.25, 0.3) is 0 Å². The molecule has 1 unspecified atom stereocenters. The summed E-state index contributed by atoms with van der Waals surface area (Å²) in [6.45, 7) is 1.75. The van der Waals surface area contributed by atoms with Gasteiger partial charge in [-0.2, -0.15) is 10.4 Å². The molecule has 7 nitrogen and oxygen atoms in total. The summed E-state index contributed by atoms with van der Waals surface area (Å²) in [6, 6.07) is 10.1. The molecular weight excluding hydrogens is 308 g/mol. The minimum atomic E-state index is -0.906. The smallest absolute Gasteiger partial charge is 0.325 e. The van der Waals surface area contributed by atoms with Gasteiger partial charge in [0.15, 0.2) is 5.69 Å². The molecule has 0 fully saturated rings. The van der Waals surface area contributed by atoms with Gasteiger partial charge in [-0.25, -0.2) is 0 Å². The van der Waals surface area contributed by atoms with Crippen molar-refractivity contribution in [3.8, 4) is 11.8 Å². The molecule has 24 heavy (non-hydrogen) atoms. The summed E-state index contributed by atoms with van der Waals surface area (Å²) in [6.07, 6.45) is 0.771. The van der Waals surface area contributed by atoms with Crippen molar-refractivity contribution in [2.75, 3.05) is 13.7 Å². The number of carbonyl (C=O) groups is 1. The van der Waals surface area contributed by atoms with Gasteiger partial charge in [0, 0.05) is 19.6 Å². The first-order chi connectivity index (χ1) is 11.6. The van der Waals surface area contributed by atoms with Crippen LogP contribution >= 0.6 is 0 Å². The molecule has 1 aromatic carbocycles. The number of aryl methyl sites for hydroxylation is 1. The summed E-state index contributed by atoms with van der Waals surface area (Å²) >= 11 is 0. The predicted molar refractivity (Wildman–Crippen MR) is 85.3 cm³/mol. The maximum atomic E-state index is 11.9. The fourth-order valence-electron chi connectivity index (χ4n) is 3.08. The Morgan fingerprint density at radius 2 is 2.25 bits per heavy atom. The average Bonchev–Trinajstić information content (AvgIpc) is 2.87. The number of ether oxygens (including phenoxy) is 1. The van der Waals surface area contributed by atoms with Crippen molar-refractivity contribution >= 4 is 5.97 Å². The van der Waals surface area contributed by atoms with E-state index in [1.54, 1.807) is 42.1 Å². The second-order valence-electron chi connectivity index (χ2n) is 5.70. The number of nitrogens with zero attached hydrogens (tertiary/aromatic N) is 4. The van der Waals surface area contributed by atoms with Crippen molar-refractivity contribution in [3.05, 3.63) is 47.3 Å². The first-order valence-electron chi connectivity index (χ1n) is 7.70. The van der Waals surface area contributed by atoms with Gasteiger partial charge in [0.25, 0.3) is 0 Å². The Hall–Kier alpha value is -2.85. The van der Waals surface area contributed by atoms with Gasteiger partial charge >= 0.3 is 5.97 Å². The zero-order chi connectivity index (χ0) is 17.1. The number of rotatable bonds is 4. The number of methoxy groups -OCH3 is 1. The van der Waals surface area contributed by atoms with Gasteiger partial charge in [-0.3, -0.25) is 14.4 Å². The lowest BCUT2D eigenvalue weighted by atomic mass is 10.0. The number of fused-ring (bicyclic) bond motifs is 1. The van der Waals surface area contributed by atoms with Crippen LogP contribution in [0.5, 0.6) is 5.75 Å². The van der Waals surface area contributed by atoms with E-state index in [2.05, 4.69) is 5.10 Å². The first kappa shape index (κ1) is 16.0. The number of carboxylic acid groups (broad SMARTS) is 1. The van der Waals surface area contributed by atoms with Crippen LogP contribution in [0, 0.1) is 11.3 Å². The van der Waals surface area contributed by atoms with E-state index in [0.29, 0.717) is 36.6 Å². The third kappa shape index (κ3) is 3.09. The molecule has 1 aliphatic rings. The average molecular weight is 326 g/mol. The molecule has 2 aromatic rings. The normalized spacial score (nSPS) is 15.8. The second kappa shape index (κ2) is 6.72. The van der Waals surface area contributed by atoms with E-state index in [9.17, 15) is 9.90 Å².